The zero-order chi connectivity index (χ0) is 18.4. The van der Waals surface area contributed by atoms with Crippen LogP contribution in [0.2, 0.25) is 0 Å². The molecule has 1 aromatic heterocycles. The molecule has 0 atom stereocenters. The summed E-state index contributed by atoms with van der Waals surface area (Å²) in [5.41, 5.74) is 2.89. The average molecular weight is 351 g/mol. The van der Waals surface area contributed by atoms with E-state index in [1.807, 2.05) is 12.1 Å². The molecule has 6 nitrogen and oxygen atoms in total. The maximum absolute atomic E-state index is 12.4. The second-order valence-electron chi connectivity index (χ2n) is 5.79. The molecule has 4 rings (SSSR count). The minimum absolute atomic E-state index is 0.210. The van der Waals surface area contributed by atoms with Crippen LogP contribution in [0.1, 0.15) is 0 Å². The fourth-order valence-electron chi connectivity index (χ4n) is 3.59. The van der Waals surface area contributed by atoms with Crippen LogP contribution in [0, 0.1) is 0 Å². The van der Waals surface area contributed by atoms with E-state index in [4.69, 9.17) is 18.9 Å². The minimum Gasteiger partial charge on any atom is -0.493 e. The van der Waals surface area contributed by atoms with E-state index in [-0.39, 0.29) is 11.2 Å². The molecular weight excluding hydrogens is 334 g/mol. The van der Waals surface area contributed by atoms with E-state index in [0.29, 0.717) is 22.9 Å². The maximum Gasteiger partial charge on any atom is 0.221 e. The van der Waals surface area contributed by atoms with Gasteiger partial charge in [-0.2, -0.15) is 0 Å². The molecule has 0 saturated heterocycles. The van der Waals surface area contributed by atoms with E-state index in [0.717, 1.165) is 27.5 Å². The summed E-state index contributed by atoms with van der Waals surface area (Å²) in [6.07, 6.45) is 1.69. The molecule has 3 aromatic rings. The molecule has 0 fully saturated rings. The van der Waals surface area contributed by atoms with Gasteiger partial charge in [0.1, 0.15) is 0 Å². The summed E-state index contributed by atoms with van der Waals surface area (Å²) in [6.45, 7) is 0. The van der Waals surface area contributed by atoms with Crippen molar-refractivity contribution in [3.05, 3.63) is 40.7 Å². The lowest BCUT2D eigenvalue weighted by Gasteiger charge is -2.17. The molecule has 1 aliphatic carbocycles. The van der Waals surface area contributed by atoms with Crippen LogP contribution in [0.25, 0.3) is 33.2 Å². The summed E-state index contributed by atoms with van der Waals surface area (Å²) < 4.78 is 22.0. The van der Waals surface area contributed by atoms with Gasteiger partial charge in [-0.15, -0.1) is 0 Å². The number of benzene rings is 1. The van der Waals surface area contributed by atoms with Crippen molar-refractivity contribution in [2.75, 3.05) is 28.4 Å². The van der Waals surface area contributed by atoms with Crippen molar-refractivity contribution in [1.82, 2.24) is 4.98 Å². The third kappa shape index (κ3) is 1.98. The smallest absolute Gasteiger partial charge is 0.221 e. The number of pyridine rings is 1. The van der Waals surface area contributed by atoms with E-state index in [2.05, 4.69) is 4.98 Å². The maximum atomic E-state index is 12.4. The highest BCUT2D eigenvalue weighted by Gasteiger charge is 2.31. The standard InChI is InChI=1S/C20H17NO5/c1-23-14-6-5-10-12(9-13(14)22)17-15-11(7-8-21-17)18(24-2)20(26-4)19(25-3)16(10)15/h5-9H,1-4H3. The number of aromatic nitrogens is 1. The van der Waals surface area contributed by atoms with Gasteiger partial charge in [-0.1, -0.05) is 0 Å². The topological polar surface area (TPSA) is 66.9 Å². The molecule has 0 bridgehead atoms. The van der Waals surface area contributed by atoms with Gasteiger partial charge in [0.2, 0.25) is 11.2 Å². The number of hydrogen-bond acceptors (Lipinski definition) is 6. The Morgan fingerprint density at radius 1 is 0.808 bits per heavy atom. The predicted molar refractivity (Wildman–Crippen MR) is 98.7 cm³/mol. The molecule has 0 spiro atoms. The van der Waals surface area contributed by atoms with Crippen LogP contribution in [0.5, 0.6) is 23.0 Å². The van der Waals surface area contributed by atoms with Crippen molar-refractivity contribution in [3.8, 4) is 45.4 Å². The molecule has 0 aliphatic heterocycles. The van der Waals surface area contributed by atoms with Crippen molar-refractivity contribution in [3.63, 3.8) is 0 Å². The van der Waals surface area contributed by atoms with Gasteiger partial charge in [0.15, 0.2) is 17.2 Å². The predicted octanol–water partition coefficient (Wildman–Crippen LogP) is 3.28. The lowest BCUT2D eigenvalue weighted by molar-refractivity contribution is 0.328. The zero-order valence-corrected chi connectivity index (χ0v) is 14.9. The molecule has 1 aliphatic rings. The minimum atomic E-state index is -0.210. The molecule has 6 heteroatoms. The summed E-state index contributed by atoms with van der Waals surface area (Å²) in [5, 5.41) is 1.73. The van der Waals surface area contributed by atoms with E-state index in [1.54, 1.807) is 39.7 Å². The summed E-state index contributed by atoms with van der Waals surface area (Å²) in [5.74, 6) is 1.89. The highest BCUT2D eigenvalue weighted by molar-refractivity contribution is 6.18. The normalized spacial score (nSPS) is 11.2. The fourth-order valence-corrected chi connectivity index (χ4v) is 3.59. The second-order valence-corrected chi connectivity index (χ2v) is 5.79. The van der Waals surface area contributed by atoms with Crippen LogP contribution >= 0.6 is 0 Å². The number of fused-ring (bicyclic) bond motifs is 3. The van der Waals surface area contributed by atoms with Gasteiger partial charge in [-0.3, -0.25) is 9.78 Å². The lowest BCUT2D eigenvalue weighted by atomic mass is 10.0. The first-order chi connectivity index (χ1) is 12.7. The van der Waals surface area contributed by atoms with E-state index in [1.165, 1.54) is 7.11 Å². The molecule has 0 amide bonds. The SMILES string of the molecule is COc1c(OC)c2c3c(nccc3c1OC)-c1cc(=O)c(OC)ccc1-2. The Morgan fingerprint density at radius 3 is 2.19 bits per heavy atom. The first-order valence-corrected chi connectivity index (χ1v) is 8.00. The van der Waals surface area contributed by atoms with E-state index >= 15 is 0 Å². The highest BCUT2D eigenvalue weighted by atomic mass is 16.5. The molecule has 0 N–H and O–H groups in total. The van der Waals surface area contributed by atoms with Crippen molar-refractivity contribution >= 4 is 10.8 Å². The van der Waals surface area contributed by atoms with Crippen molar-refractivity contribution < 1.29 is 18.9 Å². The molecule has 2 aromatic carbocycles. The Balaban J connectivity index is 2.24. The first kappa shape index (κ1) is 16.2. The monoisotopic (exact) mass is 351 g/mol. The Hall–Kier alpha value is -3.28. The number of hydrogen-bond donors (Lipinski definition) is 0. The van der Waals surface area contributed by atoms with Crippen LogP contribution in [-0.2, 0) is 0 Å². The molecule has 26 heavy (non-hydrogen) atoms. The molecular formula is C20H17NO5. The number of rotatable bonds is 4. The van der Waals surface area contributed by atoms with Crippen LogP contribution in [0.3, 0.4) is 0 Å². The number of methoxy groups -OCH3 is 4. The quantitative estimate of drug-likeness (QED) is 0.562. The van der Waals surface area contributed by atoms with Crippen molar-refractivity contribution in [1.29, 1.82) is 0 Å². The highest BCUT2D eigenvalue weighted by Crippen LogP contribution is 2.57. The Morgan fingerprint density at radius 2 is 1.54 bits per heavy atom. The molecule has 1 heterocycles. The van der Waals surface area contributed by atoms with Crippen molar-refractivity contribution in [2.45, 2.75) is 0 Å². The van der Waals surface area contributed by atoms with Crippen LogP contribution in [0.15, 0.2) is 35.3 Å². The molecule has 0 saturated carbocycles. The number of ether oxygens (including phenoxy) is 4. The number of nitrogens with zero attached hydrogens (tertiary/aromatic N) is 1. The zero-order valence-electron chi connectivity index (χ0n) is 14.9. The second kappa shape index (κ2) is 5.91. The Labute approximate surface area is 149 Å². The molecule has 0 unspecified atom stereocenters. The Bertz CT molecular complexity index is 1110. The van der Waals surface area contributed by atoms with Gasteiger partial charge >= 0.3 is 0 Å². The molecule has 132 valence electrons. The van der Waals surface area contributed by atoms with Gasteiger partial charge in [0.05, 0.1) is 34.1 Å². The first-order valence-electron chi connectivity index (χ1n) is 8.00. The average Bonchev–Trinajstić information content (AvgIpc) is 2.86. The summed E-state index contributed by atoms with van der Waals surface area (Å²) in [6, 6.07) is 6.93. The Kier molecular flexibility index (Phi) is 3.68. The van der Waals surface area contributed by atoms with Gasteiger partial charge in [0.25, 0.3) is 0 Å². The van der Waals surface area contributed by atoms with E-state index in [9.17, 15) is 4.79 Å². The fraction of sp³-hybridized carbons (Fsp3) is 0.200. The van der Waals surface area contributed by atoms with Crippen LogP contribution < -0.4 is 24.4 Å². The third-order valence-electron chi connectivity index (χ3n) is 4.65. The largest absolute Gasteiger partial charge is 0.493 e. The van der Waals surface area contributed by atoms with Gasteiger partial charge < -0.3 is 18.9 Å². The lowest BCUT2D eigenvalue weighted by Crippen LogP contribution is -2.00. The van der Waals surface area contributed by atoms with Gasteiger partial charge in [0, 0.05) is 28.1 Å². The summed E-state index contributed by atoms with van der Waals surface area (Å²) in [7, 11) is 6.21. The van der Waals surface area contributed by atoms with Gasteiger partial charge in [-0.25, -0.2) is 0 Å². The van der Waals surface area contributed by atoms with Gasteiger partial charge in [-0.05, 0) is 29.8 Å². The molecule has 0 radical (unpaired) electrons. The van der Waals surface area contributed by atoms with Crippen LogP contribution in [-0.4, -0.2) is 33.4 Å². The summed E-state index contributed by atoms with van der Waals surface area (Å²) in [4.78, 5) is 17.0. The third-order valence-corrected chi connectivity index (χ3v) is 4.65. The van der Waals surface area contributed by atoms with Crippen molar-refractivity contribution in [2.24, 2.45) is 0 Å². The summed E-state index contributed by atoms with van der Waals surface area (Å²) >= 11 is 0. The van der Waals surface area contributed by atoms with E-state index < -0.39 is 0 Å². The van der Waals surface area contributed by atoms with Crippen LogP contribution in [0.4, 0.5) is 0 Å².